The minimum absolute atomic E-state index is 0.110. The van der Waals surface area contributed by atoms with Crippen LogP contribution in [0.2, 0.25) is 0 Å². The van der Waals surface area contributed by atoms with Gasteiger partial charge in [0.2, 0.25) is 0 Å². The zero-order valence-electron chi connectivity index (χ0n) is 27.6. The van der Waals surface area contributed by atoms with Crippen LogP contribution >= 0.6 is 0 Å². The van der Waals surface area contributed by atoms with Gasteiger partial charge in [0.15, 0.2) is 5.58 Å². The lowest BCUT2D eigenvalue weighted by atomic mass is 9.82. The third-order valence-corrected chi connectivity index (χ3v) is 11.2. The molecule has 2 heteroatoms. The standard InChI is InChI=1S/C46H35NO/c1-45(2)37-19-10-8-16-34(37)43-38(45)20-12-21-40(43)47(30-23-24-32-31-15-7-9-18-36(31)46(3,4)39(32)27-30)41-22-11-17-33-35-25-28-13-5-6-14-29(28)26-42(35)48-44(33)41/h5-27H,1-4H3. The molecule has 10 rings (SSSR count). The number of fused-ring (bicyclic) bond motifs is 10. The molecule has 0 aliphatic heterocycles. The van der Waals surface area contributed by atoms with Crippen LogP contribution in [-0.2, 0) is 10.8 Å². The van der Waals surface area contributed by atoms with Gasteiger partial charge in [-0.1, -0.05) is 131 Å². The Balaban J connectivity index is 1.28. The quantitative estimate of drug-likeness (QED) is 0.196. The minimum Gasteiger partial charge on any atom is -0.454 e. The molecular weight excluding hydrogens is 583 g/mol. The number of para-hydroxylation sites is 1. The normalized spacial score (nSPS) is 15.0. The summed E-state index contributed by atoms with van der Waals surface area (Å²) in [6.07, 6.45) is 0. The van der Waals surface area contributed by atoms with Crippen molar-refractivity contribution in [2.24, 2.45) is 0 Å². The highest BCUT2D eigenvalue weighted by Gasteiger charge is 2.39. The lowest BCUT2D eigenvalue weighted by Crippen LogP contribution is -2.17. The molecule has 2 nitrogen and oxygen atoms in total. The van der Waals surface area contributed by atoms with E-state index in [2.05, 4.69) is 172 Å². The summed E-state index contributed by atoms with van der Waals surface area (Å²) >= 11 is 0. The van der Waals surface area contributed by atoms with Crippen molar-refractivity contribution < 1.29 is 4.42 Å². The first kappa shape index (κ1) is 27.5. The van der Waals surface area contributed by atoms with Gasteiger partial charge >= 0.3 is 0 Å². The van der Waals surface area contributed by atoms with Crippen LogP contribution in [0.3, 0.4) is 0 Å². The highest BCUT2D eigenvalue weighted by atomic mass is 16.3. The Morgan fingerprint density at radius 2 is 1.06 bits per heavy atom. The van der Waals surface area contributed by atoms with Crippen molar-refractivity contribution in [3.63, 3.8) is 0 Å². The van der Waals surface area contributed by atoms with Crippen LogP contribution < -0.4 is 4.90 Å². The van der Waals surface area contributed by atoms with E-state index in [-0.39, 0.29) is 10.8 Å². The summed E-state index contributed by atoms with van der Waals surface area (Å²) in [4.78, 5) is 2.46. The Kier molecular flexibility index (Phi) is 5.44. The van der Waals surface area contributed by atoms with Gasteiger partial charge in [0, 0.05) is 32.9 Å². The Hall–Kier alpha value is -5.60. The van der Waals surface area contributed by atoms with Crippen molar-refractivity contribution in [3.05, 3.63) is 162 Å². The summed E-state index contributed by atoms with van der Waals surface area (Å²) in [7, 11) is 0. The van der Waals surface area contributed by atoms with Crippen LogP contribution in [0, 0.1) is 0 Å². The molecule has 48 heavy (non-hydrogen) atoms. The van der Waals surface area contributed by atoms with Crippen LogP contribution in [0.5, 0.6) is 0 Å². The van der Waals surface area contributed by atoms with Crippen molar-refractivity contribution in [1.29, 1.82) is 0 Å². The lowest BCUT2D eigenvalue weighted by Gasteiger charge is -2.30. The smallest absolute Gasteiger partial charge is 0.159 e. The Labute approximate surface area is 280 Å². The number of nitrogens with zero attached hydrogens (tertiary/aromatic N) is 1. The third kappa shape index (κ3) is 3.58. The molecule has 0 amide bonds. The first-order chi connectivity index (χ1) is 23.3. The van der Waals surface area contributed by atoms with Gasteiger partial charge in [-0.2, -0.15) is 0 Å². The molecule has 1 heterocycles. The maximum absolute atomic E-state index is 6.89. The Morgan fingerprint density at radius 1 is 0.458 bits per heavy atom. The Morgan fingerprint density at radius 3 is 1.88 bits per heavy atom. The second kappa shape index (κ2) is 9.49. The fourth-order valence-electron chi connectivity index (χ4n) is 8.81. The monoisotopic (exact) mass is 617 g/mol. The number of anilines is 3. The van der Waals surface area contributed by atoms with Gasteiger partial charge in [-0.3, -0.25) is 0 Å². The fourth-order valence-corrected chi connectivity index (χ4v) is 8.81. The molecule has 8 aromatic rings. The molecule has 2 aliphatic carbocycles. The predicted molar refractivity (Wildman–Crippen MR) is 201 cm³/mol. The maximum atomic E-state index is 6.89. The van der Waals surface area contributed by atoms with Gasteiger partial charge in [0.1, 0.15) is 5.58 Å². The van der Waals surface area contributed by atoms with Gasteiger partial charge in [0.25, 0.3) is 0 Å². The summed E-state index contributed by atoms with van der Waals surface area (Å²) in [6.45, 7) is 9.42. The Bertz CT molecular complexity index is 2630. The first-order valence-corrected chi connectivity index (χ1v) is 16.9. The van der Waals surface area contributed by atoms with E-state index in [1.807, 2.05) is 0 Å². The molecule has 0 atom stereocenters. The van der Waals surface area contributed by atoms with E-state index >= 15 is 0 Å². The summed E-state index contributed by atoms with van der Waals surface area (Å²) in [6, 6.07) is 51.3. The molecule has 0 bridgehead atoms. The van der Waals surface area contributed by atoms with Crippen molar-refractivity contribution in [3.8, 4) is 22.3 Å². The molecule has 0 radical (unpaired) electrons. The molecule has 0 fully saturated rings. The molecule has 1 aromatic heterocycles. The van der Waals surface area contributed by atoms with Crippen molar-refractivity contribution >= 4 is 49.8 Å². The largest absolute Gasteiger partial charge is 0.454 e. The van der Waals surface area contributed by atoms with Gasteiger partial charge < -0.3 is 9.32 Å². The number of rotatable bonds is 3. The van der Waals surface area contributed by atoms with Crippen LogP contribution in [-0.4, -0.2) is 0 Å². The van der Waals surface area contributed by atoms with Crippen molar-refractivity contribution in [2.45, 2.75) is 38.5 Å². The molecule has 0 unspecified atom stereocenters. The van der Waals surface area contributed by atoms with Gasteiger partial charge in [-0.25, -0.2) is 0 Å². The molecule has 2 aliphatic rings. The lowest BCUT2D eigenvalue weighted by molar-refractivity contribution is 0.660. The van der Waals surface area contributed by atoms with E-state index in [9.17, 15) is 0 Å². The number of hydrogen-bond acceptors (Lipinski definition) is 2. The van der Waals surface area contributed by atoms with Crippen LogP contribution in [0.15, 0.2) is 144 Å². The van der Waals surface area contributed by atoms with E-state index < -0.39 is 0 Å². The number of hydrogen-bond donors (Lipinski definition) is 0. The van der Waals surface area contributed by atoms with Gasteiger partial charge in [-0.05, 0) is 86.1 Å². The highest BCUT2D eigenvalue weighted by Crippen LogP contribution is 2.56. The van der Waals surface area contributed by atoms with Crippen LogP contribution in [0.25, 0.3) is 55.0 Å². The third-order valence-electron chi connectivity index (χ3n) is 11.2. The average molecular weight is 618 g/mol. The molecule has 230 valence electrons. The second-order valence-electron chi connectivity index (χ2n) is 14.6. The molecule has 0 N–H and O–H groups in total. The van der Waals surface area contributed by atoms with E-state index in [1.54, 1.807) is 0 Å². The zero-order chi connectivity index (χ0) is 32.4. The van der Waals surface area contributed by atoms with Crippen molar-refractivity contribution in [1.82, 2.24) is 0 Å². The average Bonchev–Trinajstić information content (AvgIpc) is 3.67. The molecule has 0 saturated carbocycles. The van der Waals surface area contributed by atoms with Crippen LogP contribution in [0.1, 0.15) is 49.9 Å². The van der Waals surface area contributed by atoms with Crippen LogP contribution in [0.4, 0.5) is 17.1 Å². The van der Waals surface area contributed by atoms with E-state index in [0.717, 1.165) is 39.0 Å². The number of furan rings is 1. The highest BCUT2D eigenvalue weighted by molar-refractivity contribution is 6.14. The topological polar surface area (TPSA) is 16.4 Å². The van der Waals surface area contributed by atoms with E-state index in [0.29, 0.717) is 0 Å². The first-order valence-electron chi connectivity index (χ1n) is 16.9. The maximum Gasteiger partial charge on any atom is 0.159 e. The SMILES string of the molecule is CC1(C)c2ccccc2-c2ccc(N(c3cccc4c3-c3ccccc3C4(C)C)c3cccc4c3oc3cc5ccccc5cc34)cc21. The summed E-state index contributed by atoms with van der Waals surface area (Å²) in [5.41, 5.74) is 15.6. The molecule has 0 saturated heterocycles. The zero-order valence-corrected chi connectivity index (χ0v) is 27.6. The molecule has 7 aromatic carbocycles. The van der Waals surface area contributed by atoms with Gasteiger partial charge in [0.05, 0.1) is 11.4 Å². The molecular formula is C46H35NO. The summed E-state index contributed by atoms with van der Waals surface area (Å²) < 4.78 is 6.89. The van der Waals surface area contributed by atoms with E-state index in [1.165, 1.54) is 55.3 Å². The summed E-state index contributed by atoms with van der Waals surface area (Å²) in [5, 5.41) is 4.67. The van der Waals surface area contributed by atoms with Crippen molar-refractivity contribution in [2.75, 3.05) is 4.90 Å². The fraction of sp³-hybridized carbons (Fsp3) is 0.130. The summed E-state index contributed by atoms with van der Waals surface area (Å²) in [5.74, 6) is 0. The van der Waals surface area contributed by atoms with Gasteiger partial charge in [-0.15, -0.1) is 0 Å². The second-order valence-corrected chi connectivity index (χ2v) is 14.6. The number of benzene rings is 7. The minimum atomic E-state index is -0.119. The predicted octanol–water partition coefficient (Wildman–Crippen LogP) is 12.8. The molecule has 0 spiro atoms. The van der Waals surface area contributed by atoms with E-state index in [4.69, 9.17) is 4.42 Å².